The van der Waals surface area contributed by atoms with Gasteiger partial charge in [-0.1, -0.05) is 34.8 Å². The van der Waals surface area contributed by atoms with E-state index in [9.17, 15) is 4.79 Å². The number of nitrogens with one attached hydrogen (secondary N) is 1. The summed E-state index contributed by atoms with van der Waals surface area (Å²) in [7, 11) is 0. The lowest BCUT2D eigenvalue weighted by molar-refractivity contribution is -0.118. The predicted molar refractivity (Wildman–Crippen MR) is 40.8 cm³/mol. The maximum atomic E-state index is 10.6. The van der Waals surface area contributed by atoms with Gasteiger partial charge in [-0.15, -0.1) is 0 Å². The number of carbonyl (C=O) groups is 1. The first-order valence-corrected chi connectivity index (χ1v) is 3.53. The van der Waals surface area contributed by atoms with Crippen molar-refractivity contribution in [1.82, 2.24) is 5.32 Å². The average molecular weight is 198 g/mol. The van der Waals surface area contributed by atoms with E-state index in [4.69, 9.17) is 34.8 Å². The molecule has 0 aromatic heterocycles. The zero-order valence-corrected chi connectivity index (χ0v) is 6.89. The van der Waals surface area contributed by atoms with Gasteiger partial charge in [0.2, 0.25) is 0 Å². The van der Waals surface area contributed by atoms with Gasteiger partial charge in [-0.2, -0.15) is 0 Å². The summed E-state index contributed by atoms with van der Waals surface area (Å²) in [5, 5.41) is 2.70. The fourth-order valence-corrected chi connectivity index (χ4v) is 1.14. The van der Waals surface area contributed by atoms with Gasteiger partial charge < -0.3 is 5.32 Å². The molecule has 5 heteroatoms. The summed E-state index contributed by atoms with van der Waals surface area (Å²) in [5.41, 5.74) is 1.34. The van der Waals surface area contributed by atoms with Crippen LogP contribution in [0.4, 0.5) is 0 Å². The molecule has 0 aliphatic carbocycles. The second-order valence-electron chi connectivity index (χ2n) is 1.60. The minimum Gasteiger partial charge on any atom is -0.312 e. The monoisotopic (exact) mass is 197 g/mol. The second-order valence-corrected chi connectivity index (χ2v) is 2.60. The van der Waals surface area contributed by atoms with Gasteiger partial charge in [-0.3, -0.25) is 4.79 Å². The maximum absolute atomic E-state index is 10.6. The molecule has 1 amide bonds. The third kappa shape index (κ3) is 1.15. The van der Waals surface area contributed by atoms with E-state index in [1.165, 1.54) is 0 Å². The number of rotatable bonds is 1. The van der Waals surface area contributed by atoms with Crippen LogP contribution in [0.15, 0.2) is 21.3 Å². The van der Waals surface area contributed by atoms with Crippen LogP contribution >= 0.6 is 34.8 Å². The van der Waals surface area contributed by atoms with E-state index < -0.39 is 0 Å². The third-order valence-corrected chi connectivity index (χ3v) is 1.92. The lowest BCUT2D eigenvalue weighted by atomic mass is 10.2. The lowest BCUT2D eigenvalue weighted by Gasteiger charge is -2.17. The maximum Gasteiger partial charge on any atom is 0.260 e. The average Bonchev–Trinajstić information content (AvgIpc) is 1.87. The molecule has 0 aromatic carbocycles. The Morgan fingerprint density at radius 2 is 2.20 bits per heavy atom. The van der Waals surface area contributed by atoms with E-state index >= 15 is 0 Å². The van der Waals surface area contributed by atoms with Crippen LogP contribution in [0.25, 0.3) is 0 Å². The molecule has 10 heavy (non-hydrogen) atoms. The smallest absolute Gasteiger partial charge is 0.260 e. The van der Waals surface area contributed by atoms with Crippen molar-refractivity contribution in [2.45, 2.75) is 0 Å². The molecule has 1 rings (SSSR count). The Morgan fingerprint density at radius 1 is 1.60 bits per heavy atom. The molecule has 0 bridgehead atoms. The van der Waals surface area contributed by atoms with Crippen LogP contribution in [0.2, 0.25) is 0 Å². The highest BCUT2D eigenvalue weighted by Gasteiger charge is 2.27. The first-order valence-electron chi connectivity index (χ1n) is 2.34. The van der Waals surface area contributed by atoms with Crippen molar-refractivity contribution in [3.8, 4) is 0 Å². The van der Waals surface area contributed by atoms with Crippen LogP contribution in [-0.4, -0.2) is 5.91 Å². The summed E-state index contributed by atoms with van der Waals surface area (Å²) in [6.45, 7) is 0. The predicted octanol–water partition coefficient (Wildman–Crippen LogP) is 1.89. The van der Waals surface area contributed by atoms with E-state index in [0.717, 1.165) is 5.54 Å². The van der Waals surface area contributed by atoms with Crippen molar-refractivity contribution in [1.29, 1.82) is 0 Å². The van der Waals surface area contributed by atoms with Crippen LogP contribution in [0.5, 0.6) is 0 Å². The van der Waals surface area contributed by atoms with Gasteiger partial charge in [0.1, 0.15) is 5.16 Å². The van der Waals surface area contributed by atoms with Crippen molar-refractivity contribution in [3.05, 3.63) is 21.3 Å². The number of hydrogen-bond donors (Lipinski definition) is 1. The van der Waals surface area contributed by atoms with Gasteiger partial charge in [0, 0.05) is 5.54 Å². The van der Waals surface area contributed by atoms with E-state index in [0.29, 0.717) is 0 Å². The van der Waals surface area contributed by atoms with Crippen molar-refractivity contribution in [2.75, 3.05) is 0 Å². The molecule has 1 N–H and O–H groups in total. The molecule has 0 saturated carbocycles. The summed E-state index contributed by atoms with van der Waals surface area (Å²) in [5.74, 6) is -0.299. The fraction of sp³-hybridized carbons (Fsp3) is 0. The van der Waals surface area contributed by atoms with Crippen LogP contribution in [0, 0.1) is 0 Å². The largest absolute Gasteiger partial charge is 0.312 e. The highest BCUT2D eigenvalue weighted by molar-refractivity contribution is 6.45. The van der Waals surface area contributed by atoms with Crippen molar-refractivity contribution in [3.63, 3.8) is 0 Å². The van der Waals surface area contributed by atoms with Crippen LogP contribution in [0.1, 0.15) is 0 Å². The van der Waals surface area contributed by atoms with Crippen LogP contribution in [-0.2, 0) is 4.79 Å². The molecular formula is C5H2Cl3NO. The lowest BCUT2D eigenvalue weighted by Crippen LogP contribution is -2.34. The molecule has 0 radical (unpaired) electrons. The first kappa shape index (κ1) is 7.92. The van der Waals surface area contributed by atoms with Gasteiger partial charge in [0.15, 0.2) is 0 Å². The molecule has 1 aliphatic heterocycles. The minimum absolute atomic E-state index is 0.162. The Morgan fingerprint density at radius 3 is 2.40 bits per heavy atom. The van der Waals surface area contributed by atoms with Gasteiger partial charge in [0.05, 0.1) is 10.6 Å². The van der Waals surface area contributed by atoms with Crippen molar-refractivity contribution < 1.29 is 4.79 Å². The zero-order valence-electron chi connectivity index (χ0n) is 4.62. The van der Waals surface area contributed by atoms with Crippen LogP contribution < -0.4 is 5.32 Å². The highest BCUT2D eigenvalue weighted by atomic mass is 35.5. The Hall–Kier alpha value is -0.180. The van der Waals surface area contributed by atoms with E-state index in [2.05, 4.69) is 5.32 Å². The second kappa shape index (κ2) is 2.82. The topological polar surface area (TPSA) is 29.1 Å². The number of hydrogen-bond acceptors (Lipinski definition) is 1. The molecule has 2 nitrogen and oxygen atoms in total. The van der Waals surface area contributed by atoms with Gasteiger partial charge >= 0.3 is 0 Å². The molecule has 54 valence electrons. The quantitative estimate of drug-likeness (QED) is 0.641. The number of carbonyl (C=O) groups excluding carboxylic acids is 1. The molecule has 0 unspecified atom stereocenters. The van der Waals surface area contributed by atoms with E-state index in [1.807, 2.05) is 0 Å². The molecule has 0 spiro atoms. The molecule has 0 saturated heterocycles. The Kier molecular flexibility index (Phi) is 2.24. The van der Waals surface area contributed by atoms with Crippen molar-refractivity contribution >= 4 is 40.7 Å². The molecular weight excluding hydrogens is 196 g/mol. The number of halogens is 3. The Bertz CT molecular complexity index is 243. The Balaban J connectivity index is 2.94. The van der Waals surface area contributed by atoms with Gasteiger partial charge in [-0.25, -0.2) is 0 Å². The summed E-state index contributed by atoms with van der Waals surface area (Å²) >= 11 is 16.2. The summed E-state index contributed by atoms with van der Waals surface area (Å²) in [6.07, 6.45) is 0. The summed E-state index contributed by atoms with van der Waals surface area (Å²) < 4.78 is 0. The highest BCUT2D eigenvalue weighted by Crippen LogP contribution is 2.26. The van der Waals surface area contributed by atoms with Gasteiger partial charge in [-0.05, 0) is 0 Å². The third-order valence-electron chi connectivity index (χ3n) is 1.00. The normalized spacial score (nSPS) is 18.7. The number of amides is 1. The summed E-state index contributed by atoms with van der Waals surface area (Å²) in [6, 6.07) is 0. The SMILES string of the molecule is O=C1NC(Cl)=C1/C(Cl)=C/Cl. The van der Waals surface area contributed by atoms with Gasteiger partial charge in [0.25, 0.3) is 5.91 Å². The minimum atomic E-state index is -0.299. The first-order chi connectivity index (χ1) is 4.66. The molecule has 0 aromatic rings. The van der Waals surface area contributed by atoms with E-state index in [-0.39, 0.29) is 21.7 Å². The zero-order chi connectivity index (χ0) is 7.72. The molecule has 1 aliphatic rings. The Labute approximate surface area is 72.4 Å². The fourth-order valence-electron chi connectivity index (χ4n) is 0.530. The summed E-state index contributed by atoms with van der Waals surface area (Å²) in [4.78, 5) is 10.6. The van der Waals surface area contributed by atoms with Crippen LogP contribution in [0.3, 0.4) is 0 Å². The van der Waals surface area contributed by atoms with Crippen molar-refractivity contribution in [2.24, 2.45) is 0 Å². The molecule has 1 heterocycles. The molecule has 0 atom stereocenters. The standard InChI is InChI=1S/C5H2Cl3NO/c6-1-2(7)3-4(8)9-5(3)10/h1H,(H,9,10)/b2-1-. The molecule has 0 fully saturated rings. The van der Waals surface area contributed by atoms with E-state index in [1.54, 1.807) is 0 Å².